The summed E-state index contributed by atoms with van der Waals surface area (Å²) in [5.74, 6) is 0.865. The van der Waals surface area contributed by atoms with Crippen molar-refractivity contribution in [2.75, 3.05) is 23.0 Å². The van der Waals surface area contributed by atoms with E-state index in [1.807, 2.05) is 0 Å². The lowest BCUT2D eigenvalue weighted by atomic mass is 10.4. The minimum atomic E-state index is -2.91. The number of hydrogen-bond acceptors (Lipinski definition) is 5. The Morgan fingerprint density at radius 2 is 1.12 bits per heavy atom. The summed E-state index contributed by atoms with van der Waals surface area (Å²) >= 11 is 5.90. The molecule has 0 aliphatic carbocycles. The first-order chi connectivity index (χ1) is 7.69. The topological polar surface area (TPSA) is 68.3 Å². The molecule has 17 heavy (non-hydrogen) atoms. The Balaban J connectivity index is 2.04. The highest BCUT2D eigenvalue weighted by Gasteiger charge is 2.43. The molecule has 2 aliphatic rings. The van der Waals surface area contributed by atoms with Crippen LogP contribution < -0.4 is 0 Å². The Hall–Kier alpha value is 1.71. The summed E-state index contributed by atoms with van der Waals surface area (Å²) in [4.78, 5) is 0. The van der Waals surface area contributed by atoms with Crippen LogP contribution in [0.15, 0.2) is 0 Å². The number of alkyl halides is 2. The molecule has 0 saturated carbocycles. The van der Waals surface area contributed by atoms with Gasteiger partial charge in [0.1, 0.15) is 0 Å². The molecule has 4 nitrogen and oxygen atoms in total. The number of rotatable bonds is 2. The van der Waals surface area contributed by atoms with Gasteiger partial charge in [-0.05, 0) is 0 Å². The van der Waals surface area contributed by atoms with Crippen molar-refractivity contribution in [1.29, 1.82) is 0 Å². The molecule has 0 N–H and O–H groups in total. The Bertz CT molecular complexity index is 455. The van der Waals surface area contributed by atoms with Crippen LogP contribution in [0.5, 0.6) is 0 Å². The van der Waals surface area contributed by atoms with Gasteiger partial charge in [-0.25, -0.2) is 16.8 Å². The summed E-state index contributed by atoms with van der Waals surface area (Å²) in [7, 11) is -5.83. The first kappa shape index (κ1) is 15.1. The molecule has 2 fully saturated rings. The van der Waals surface area contributed by atoms with E-state index in [0.29, 0.717) is 0 Å². The van der Waals surface area contributed by atoms with Crippen molar-refractivity contribution in [3.05, 3.63) is 0 Å². The van der Waals surface area contributed by atoms with Crippen LogP contribution in [0.4, 0.5) is 0 Å². The second-order valence-corrected chi connectivity index (χ2v) is 13.4. The van der Waals surface area contributed by atoms with Crippen LogP contribution in [0.25, 0.3) is 0 Å². The molecule has 2 rings (SSSR count). The molecule has 0 aromatic carbocycles. The molecule has 0 bridgehead atoms. The largest absolute Gasteiger partial charge is 0.229 e. The number of thioether (sulfide) groups is 1. The second-order valence-electron chi connectivity index (χ2n) is 4.40. The Morgan fingerprint density at radius 3 is 1.35 bits per heavy atom. The van der Waals surface area contributed by atoms with E-state index in [-0.39, 0.29) is 41.4 Å². The van der Waals surface area contributed by atoms with E-state index in [0.717, 1.165) is 0 Å². The van der Waals surface area contributed by atoms with E-state index in [4.69, 9.17) is 0 Å². The predicted octanol–water partition coefficient (Wildman–Crippen LogP) is 0.921. The molecule has 0 aromatic rings. The van der Waals surface area contributed by atoms with E-state index in [2.05, 4.69) is 45.2 Å². The van der Waals surface area contributed by atoms with Crippen molar-refractivity contribution in [1.82, 2.24) is 0 Å². The lowest BCUT2D eigenvalue weighted by Crippen LogP contribution is -2.23. The van der Waals surface area contributed by atoms with Crippen molar-refractivity contribution in [3.63, 3.8) is 0 Å². The van der Waals surface area contributed by atoms with E-state index < -0.39 is 19.7 Å². The lowest BCUT2D eigenvalue weighted by molar-refractivity contribution is 0.601. The molecule has 100 valence electrons. The van der Waals surface area contributed by atoms with Gasteiger partial charge in [0.2, 0.25) is 0 Å². The van der Waals surface area contributed by atoms with Crippen LogP contribution in [-0.4, -0.2) is 58.2 Å². The van der Waals surface area contributed by atoms with Crippen LogP contribution >= 0.6 is 56.9 Å². The molecule has 0 aromatic heterocycles. The Morgan fingerprint density at radius 1 is 0.765 bits per heavy atom. The molecule has 9 heteroatoms. The van der Waals surface area contributed by atoms with Gasteiger partial charge in [0, 0.05) is 18.3 Å². The number of sulfone groups is 2. The van der Waals surface area contributed by atoms with Gasteiger partial charge in [0.25, 0.3) is 0 Å². The maximum Gasteiger partial charge on any atom is 0.152 e. The van der Waals surface area contributed by atoms with E-state index in [1.165, 1.54) is 0 Å². The average Bonchev–Trinajstić information content (AvgIpc) is 2.50. The summed E-state index contributed by atoms with van der Waals surface area (Å²) in [6.07, 6.45) is 0. The standard InChI is InChI=1S/C8H12I2O4S3/c9-5-1-16(11,12)3-7(5)15-8-4-17(13,14)2-6(8)10/h5-8H,1-4H2/t5-,6+,7+,8-. The van der Waals surface area contributed by atoms with Crippen LogP contribution in [0.1, 0.15) is 0 Å². The SMILES string of the molecule is O=S1(=O)C[C@@H](I)[C@@H](S[C@@H]2CS(=O)(=O)C[C@@H]2I)C1. The predicted molar refractivity (Wildman–Crippen MR) is 88.1 cm³/mol. The van der Waals surface area contributed by atoms with Crippen molar-refractivity contribution in [3.8, 4) is 0 Å². The molecule has 0 radical (unpaired) electrons. The van der Waals surface area contributed by atoms with E-state index in [1.54, 1.807) is 11.8 Å². The third kappa shape index (κ3) is 3.85. The monoisotopic (exact) mass is 522 g/mol. The molecule has 2 heterocycles. The zero-order chi connectivity index (χ0) is 12.8. The number of halogens is 2. The number of hydrogen-bond donors (Lipinski definition) is 0. The van der Waals surface area contributed by atoms with Gasteiger partial charge in [0.05, 0.1) is 23.0 Å². The molecule has 0 spiro atoms. The van der Waals surface area contributed by atoms with Gasteiger partial charge in [0.15, 0.2) is 19.7 Å². The molecular formula is C8H12I2O4S3. The zero-order valence-electron chi connectivity index (χ0n) is 8.75. The van der Waals surface area contributed by atoms with Crippen LogP contribution in [0.2, 0.25) is 0 Å². The van der Waals surface area contributed by atoms with Gasteiger partial charge in [-0.15, -0.1) is 0 Å². The zero-order valence-corrected chi connectivity index (χ0v) is 15.5. The normalized spacial score (nSPS) is 43.9. The van der Waals surface area contributed by atoms with E-state index in [9.17, 15) is 16.8 Å². The van der Waals surface area contributed by atoms with Crippen molar-refractivity contribution in [2.45, 2.75) is 18.3 Å². The van der Waals surface area contributed by atoms with E-state index >= 15 is 0 Å². The van der Waals surface area contributed by atoms with Crippen LogP contribution in [0.3, 0.4) is 0 Å². The van der Waals surface area contributed by atoms with Gasteiger partial charge in [-0.1, -0.05) is 45.2 Å². The molecule has 2 aliphatic heterocycles. The van der Waals surface area contributed by atoms with Crippen LogP contribution in [0, 0.1) is 0 Å². The lowest BCUT2D eigenvalue weighted by Gasteiger charge is -2.18. The maximum absolute atomic E-state index is 11.5. The Kier molecular flexibility index (Phi) is 4.66. The first-order valence-corrected chi connectivity index (χ1v) is 12.1. The van der Waals surface area contributed by atoms with Crippen LogP contribution in [-0.2, 0) is 19.7 Å². The van der Waals surface area contributed by atoms with Crippen molar-refractivity contribution in [2.24, 2.45) is 0 Å². The fraction of sp³-hybridized carbons (Fsp3) is 1.00. The van der Waals surface area contributed by atoms with Crippen molar-refractivity contribution >= 4 is 76.6 Å². The minimum Gasteiger partial charge on any atom is -0.229 e. The quantitative estimate of drug-likeness (QED) is 0.399. The minimum absolute atomic E-state index is 0.0520. The van der Waals surface area contributed by atoms with Crippen molar-refractivity contribution < 1.29 is 16.8 Å². The fourth-order valence-electron chi connectivity index (χ4n) is 2.02. The fourth-order valence-corrected chi connectivity index (χ4v) is 13.8. The molecule has 0 amide bonds. The molecule has 0 unspecified atom stereocenters. The molecular weight excluding hydrogens is 510 g/mol. The summed E-state index contributed by atoms with van der Waals surface area (Å²) in [6.45, 7) is 0. The average molecular weight is 522 g/mol. The third-order valence-corrected chi connectivity index (χ3v) is 13.2. The summed E-state index contributed by atoms with van der Waals surface area (Å²) in [5, 5.41) is 0.104. The smallest absolute Gasteiger partial charge is 0.152 e. The summed E-state index contributed by atoms with van der Waals surface area (Å²) in [5.41, 5.74) is 0. The highest BCUT2D eigenvalue weighted by atomic mass is 127. The molecule has 2 saturated heterocycles. The second kappa shape index (κ2) is 5.24. The van der Waals surface area contributed by atoms with Gasteiger partial charge in [-0.2, -0.15) is 11.8 Å². The summed E-state index contributed by atoms with van der Waals surface area (Å²) < 4.78 is 46.2. The Labute approximate surface area is 133 Å². The first-order valence-electron chi connectivity index (χ1n) is 5.03. The third-order valence-electron chi connectivity index (χ3n) is 2.82. The highest BCUT2D eigenvalue weighted by molar-refractivity contribution is 14.1. The van der Waals surface area contributed by atoms with Gasteiger partial charge < -0.3 is 0 Å². The van der Waals surface area contributed by atoms with Gasteiger partial charge in [-0.3, -0.25) is 0 Å². The summed E-state index contributed by atoms with van der Waals surface area (Å²) in [6, 6.07) is 0. The van der Waals surface area contributed by atoms with Gasteiger partial charge >= 0.3 is 0 Å². The highest BCUT2D eigenvalue weighted by Crippen LogP contribution is 2.38. The maximum atomic E-state index is 11.5. The molecule has 4 atom stereocenters.